The minimum atomic E-state index is -0.237. The number of carbonyl (C=O) groups is 1. The lowest BCUT2D eigenvalue weighted by Crippen LogP contribution is -2.46. The lowest BCUT2D eigenvalue weighted by Gasteiger charge is -2.35. The van der Waals surface area contributed by atoms with Crippen molar-refractivity contribution in [3.63, 3.8) is 0 Å². The van der Waals surface area contributed by atoms with E-state index in [1.165, 1.54) is 0 Å². The van der Waals surface area contributed by atoms with Crippen molar-refractivity contribution < 1.29 is 9.53 Å². The van der Waals surface area contributed by atoms with Crippen molar-refractivity contribution in [2.45, 2.75) is 45.6 Å². The number of piperidine rings is 1. The average molecular weight is 292 g/mol. The first-order valence-corrected chi connectivity index (χ1v) is 7.63. The number of carbonyl (C=O) groups excluding carboxylic acids is 1. The van der Waals surface area contributed by atoms with Crippen molar-refractivity contribution in [1.82, 2.24) is 9.97 Å². The molecular formula is C15H24N4O2. The van der Waals surface area contributed by atoms with Crippen LogP contribution >= 0.6 is 0 Å². The molecule has 2 rings (SSSR count). The predicted molar refractivity (Wildman–Crippen MR) is 81.1 cm³/mol. The number of hydrogen-bond donors (Lipinski definition) is 1. The SMILES string of the molecule is CCOC(=O)C1CCCCN1c1cc(CCN)nc(C)n1. The number of anilines is 1. The molecule has 1 unspecified atom stereocenters. The predicted octanol–water partition coefficient (Wildman–Crippen LogP) is 1.21. The van der Waals surface area contributed by atoms with Crippen LogP contribution in [0.3, 0.4) is 0 Å². The first-order chi connectivity index (χ1) is 10.2. The number of aromatic nitrogens is 2. The molecule has 116 valence electrons. The van der Waals surface area contributed by atoms with E-state index in [2.05, 4.69) is 14.9 Å². The Morgan fingerprint density at radius 3 is 3.00 bits per heavy atom. The number of nitrogens with two attached hydrogens (primary N) is 1. The van der Waals surface area contributed by atoms with Crippen LogP contribution in [0, 0.1) is 6.92 Å². The second kappa shape index (κ2) is 7.36. The van der Waals surface area contributed by atoms with Gasteiger partial charge in [-0.2, -0.15) is 0 Å². The molecule has 1 aliphatic rings. The number of esters is 1. The highest BCUT2D eigenvalue weighted by atomic mass is 16.5. The third-order valence-corrected chi connectivity index (χ3v) is 3.63. The Bertz CT molecular complexity index is 493. The third-order valence-electron chi connectivity index (χ3n) is 3.63. The number of nitrogens with zero attached hydrogens (tertiary/aromatic N) is 3. The van der Waals surface area contributed by atoms with Gasteiger partial charge in [-0.25, -0.2) is 14.8 Å². The highest BCUT2D eigenvalue weighted by molar-refractivity contribution is 5.80. The summed E-state index contributed by atoms with van der Waals surface area (Å²) < 4.78 is 5.20. The second-order valence-corrected chi connectivity index (χ2v) is 5.26. The van der Waals surface area contributed by atoms with Gasteiger partial charge in [-0.05, 0) is 39.7 Å². The van der Waals surface area contributed by atoms with E-state index in [0.717, 1.165) is 37.3 Å². The third kappa shape index (κ3) is 3.91. The van der Waals surface area contributed by atoms with Crippen LogP contribution in [0.2, 0.25) is 0 Å². The summed E-state index contributed by atoms with van der Waals surface area (Å²) in [5.74, 6) is 1.36. The monoisotopic (exact) mass is 292 g/mol. The molecule has 0 radical (unpaired) electrons. The topological polar surface area (TPSA) is 81.3 Å². The molecule has 6 nitrogen and oxygen atoms in total. The summed E-state index contributed by atoms with van der Waals surface area (Å²) in [5, 5.41) is 0. The van der Waals surface area contributed by atoms with E-state index in [4.69, 9.17) is 10.5 Å². The molecule has 21 heavy (non-hydrogen) atoms. The highest BCUT2D eigenvalue weighted by Crippen LogP contribution is 2.24. The molecule has 1 aromatic heterocycles. The standard InChI is InChI=1S/C15H24N4O2/c1-3-21-15(20)13-6-4-5-9-19(13)14-10-12(7-8-16)17-11(2)18-14/h10,13H,3-9,16H2,1-2H3. The Morgan fingerprint density at radius 2 is 2.29 bits per heavy atom. The molecule has 0 spiro atoms. The number of ether oxygens (including phenoxy) is 1. The highest BCUT2D eigenvalue weighted by Gasteiger charge is 2.31. The van der Waals surface area contributed by atoms with Crippen molar-refractivity contribution in [2.24, 2.45) is 5.73 Å². The van der Waals surface area contributed by atoms with E-state index in [1.54, 1.807) is 0 Å². The maximum Gasteiger partial charge on any atom is 0.328 e. The largest absolute Gasteiger partial charge is 0.464 e. The first kappa shape index (κ1) is 15.7. The Hall–Kier alpha value is -1.69. The van der Waals surface area contributed by atoms with E-state index >= 15 is 0 Å². The van der Waals surface area contributed by atoms with E-state index in [9.17, 15) is 4.79 Å². The van der Waals surface area contributed by atoms with Gasteiger partial charge in [0.05, 0.1) is 6.61 Å². The van der Waals surface area contributed by atoms with Gasteiger partial charge in [-0.1, -0.05) is 0 Å². The summed E-state index contributed by atoms with van der Waals surface area (Å²) in [5.41, 5.74) is 6.53. The van der Waals surface area contributed by atoms with Crippen molar-refractivity contribution in [2.75, 3.05) is 24.6 Å². The second-order valence-electron chi connectivity index (χ2n) is 5.26. The summed E-state index contributed by atoms with van der Waals surface area (Å²) in [4.78, 5) is 23.1. The minimum absolute atomic E-state index is 0.158. The van der Waals surface area contributed by atoms with Crippen LogP contribution in [-0.4, -0.2) is 41.7 Å². The van der Waals surface area contributed by atoms with Crippen LogP contribution in [0.25, 0.3) is 0 Å². The molecule has 1 atom stereocenters. The summed E-state index contributed by atoms with van der Waals surface area (Å²) in [6.45, 7) is 5.48. The van der Waals surface area contributed by atoms with Crippen molar-refractivity contribution >= 4 is 11.8 Å². The lowest BCUT2D eigenvalue weighted by molar-refractivity contribution is -0.145. The Labute approximate surface area is 125 Å². The summed E-state index contributed by atoms with van der Waals surface area (Å²) >= 11 is 0. The average Bonchev–Trinajstić information content (AvgIpc) is 2.47. The van der Waals surface area contributed by atoms with Crippen molar-refractivity contribution in [3.8, 4) is 0 Å². The fourth-order valence-electron chi connectivity index (χ4n) is 2.72. The van der Waals surface area contributed by atoms with Crippen LogP contribution in [0.4, 0.5) is 5.82 Å². The van der Waals surface area contributed by atoms with Crippen LogP contribution in [0.15, 0.2) is 6.07 Å². The smallest absolute Gasteiger partial charge is 0.328 e. The van der Waals surface area contributed by atoms with Crippen molar-refractivity contribution in [3.05, 3.63) is 17.6 Å². The molecule has 0 aliphatic carbocycles. The molecule has 2 heterocycles. The summed E-state index contributed by atoms with van der Waals surface area (Å²) in [7, 11) is 0. The van der Waals surface area contributed by atoms with Gasteiger partial charge in [0, 0.05) is 24.7 Å². The lowest BCUT2D eigenvalue weighted by atomic mass is 10.0. The maximum atomic E-state index is 12.2. The van der Waals surface area contributed by atoms with Crippen LogP contribution in [0.5, 0.6) is 0 Å². The van der Waals surface area contributed by atoms with Crippen LogP contribution in [-0.2, 0) is 16.0 Å². The molecule has 2 N–H and O–H groups in total. The van der Waals surface area contributed by atoms with Crippen LogP contribution in [0.1, 0.15) is 37.7 Å². The van der Waals surface area contributed by atoms with Gasteiger partial charge >= 0.3 is 5.97 Å². The number of aryl methyl sites for hydroxylation is 1. The van der Waals surface area contributed by atoms with E-state index in [0.29, 0.717) is 25.4 Å². The Morgan fingerprint density at radius 1 is 1.48 bits per heavy atom. The molecule has 6 heteroatoms. The molecular weight excluding hydrogens is 268 g/mol. The van der Waals surface area contributed by atoms with Gasteiger partial charge in [0.25, 0.3) is 0 Å². The molecule has 1 aliphatic heterocycles. The maximum absolute atomic E-state index is 12.2. The van der Waals surface area contributed by atoms with Crippen molar-refractivity contribution in [1.29, 1.82) is 0 Å². The zero-order chi connectivity index (χ0) is 15.2. The molecule has 1 aromatic rings. The van der Waals surface area contributed by atoms with Gasteiger partial charge in [0.2, 0.25) is 0 Å². The molecule has 1 fully saturated rings. The van der Waals surface area contributed by atoms with E-state index in [-0.39, 0.29) is 12.0 Å². The zero-order valence-electron chi connectivity index (χ0n) is 12.8. The summed E-state index contributed by atoms with van der Waals surface area (Å²) in [6, 6.07) is 1.70. The molecule has 0 bridgehead atoms. The van der Waals surface area contributed by atoms with E-state index in [1.807, 2.05) is 19.9 Å². The van der Waals surface area contributed by atoms with Gasteiger partial charge in [0.1, 0.15) is 17.7 Å². The molecule has 0 saturated carbocycles. The van der Waals surface area contributed by atoms with Gasteiger partial charge in [-0.3, -0.25) is 0 Å². The zero-order valence-corrected chi connectivity index (χ0v) is 12.8. The molecule has 0 aromatic carbocycles. The fourth-order valence-corrected chi connectivity index (χ4v) is 2.72. The van der Waals surface area contributed by atoms with Gasteiger partial charge in [-0.15, -0.1) is 0 Å². The van der Waals surface area contributed by atoms with Crippen LogP contribution < -0.4 is 10.6 Å². The molecule has 0 amide bonds. The van der Waals surface area contributed by atoms with Gasteiger partial charge < -0.3 is 15.4 Å². The normalized spacial score (nSPS) is 18.6. The minimum Gasteiger partial charge on any atom is -0.464 e. The Kier molecular flexibility index (Phi) is 5.50. The summed E-state index contributed by atoms with van der Waals surface area (Å²) in [6.07, 6.45) is 3.63. The quantitative estimate of drug-likeness (QED) is 0.822. The van der Waals surface area contributed by atoms with E-state index < -0.39 is 0 Å². The fraction of sp³-hybridized carbons (Fsp3) is 0.667. The number of hydrogen-bond acceptors (Lipinski definition) is 6. The number of rotatable bonds is 5. The molecule has 1 saturated heterocycles. The first-order valence-electron chi connectivity index (χ1n) is 7.63. The Balaban J connectivity index is 2.26. The van der Waals surface area contributed by atoms with Gasteiger partial charge in [0.15, 0.2) is 0 Å².